The van der Waals surface area contributed by atoms with Gasteiger partial charge in [-0.05, 0) is 37.3 Å². The molecule has 3 aromatic rings. The quantitative estimate of drug-likeness (QED) is 0.323. The van der Waals surface area contributed by atoms with Crippen LogP contribution in [-0.4, -0.2) is 38.5 Å². The zero-order valence-electron chi connectivity index (χ0n) is 17.5. The smallest absolute Gasteiger partial charge is 0.261 e. The van der Waals surface area contributed by atoms with Gasteiger partial charge in [0.25, 0.3) is 5.56 Å². The molecule has 162 valence electrons. The minimum absolute atomic E-state index is 0.0534. The summed E-state index contributed by atoms with van der Waals surface area (Å²) in [6.45, 7) is 1.68. The van der Waals surface area contributed by atoms with E-state index >= 15 is 0 Å². The van der Waals surface area contributed by atoms with Gasteiger partial charge in [-0.1, -0.05) is 60.7 Å². The summed E-state index contributed by atoms with van der Waals surface area (Å²) in [5, 5.41) is 31.7. The van der Waals surface area contributed by atoms with E-state index in [1.807, 2.05) is 24.3 Å². The average Bonchev–Trinajstić information content (AvgIpc) is 2.79. The molecule has 3 unspecified atom stereocenters. The molecule has 0 spiro atoms. The van der Waals surface area contributed by atoms with E-state index in [2.05, 4.69) is 27.4 Å². The van der Waals surface area contributed by atoms with Gasteiger partial charge < -0.3 is 25.9 Å². The molecule has 0 radical (unpaired) electrons. The zero-order valence-corrected chi connectivity index (χ0v) is 17.5. The van der Waals surface area contributed by atoms with Crippen LogP contribution in [0.5, 0.6) is 0 Å². The number of aliphatic hydroxyl groups excluding tert-OH is 2. The maximum atomic E-state index is 12.5. The van der Waals surface area contributed by atoms with Gasteiger partial charge in [-0.3, -0.25) is 4.79 Å². The largest absolute Gasteiger partial charge is 0.391 e. The third-order valence-electron chi connectivity index (χ3n) is 5.22. The molecule has 0 saturated carbocycles. The van der Waals surface area contributed by atoms with Gasteiger partial charge in [0.1, 0.15) is 17.7 Å². The van der Waals surface area contributed by atoms with Crippen LogP contribution in [0.3, 0.4) is 0 Å². The van der Waals surface area contributed by atoms with Gasteiger partial charge in [-0.15, -0.1) is 0 Å². The number of aryl methyl sites for hydroxylation is 1. The Morgan fingerprint density at radius 2 is 1.74 bits per heavy atom. The van der Waals surface area contributed by atoms with E-state index in [4.69, 9.17) is 5.41 Å². The van der Waals surface area contributed by atoms with Gasteiger partial charge in [0.2, 0.25) is 0 Å². The molecule has 7 nitrogen and oxygen atoms in total. The number of aliphatic hydroxyl groups is 2. The van der Waals surface area contributed by atoms with Gasteiger partial charge in [-0.25, -0.2) is 4.98 Å². The molecule has 0 fully saturated rings. The fourth-order valence-electron chi connectivity index (χ4n) is 3.45. The van der Waals surface area contributed by atoms with Crippen molar-refractivity contribution in [2.24, 2.45) is 0 Å². The van der Waals surface area contributed by atoms with Gasteiger partial charge >= 0.3 is 0 Å². The van der Waals surface area contributed by atoms with Crippen molar-refractivity contribution < 1.29 is 10.2 Å². The second kappa shape index (κ2) is 10.7. The maximum absolute atomic E-state index is 12.5. The molecule has 5 N–H and O–H groups in total. The van der Waals surface area contributed by atoms with Crippen LogP contribution in [-0.2, 0) is 6.42 Å². The average molecular weight is 421 g/mol. The van der Waals surface area contributed by atoms with Gasteiger partial charge in [0.05, 0.1) is 17.7 Å². The zero-order chi connectivity index (χ0) is 22.2. The highest BCUT2D eigenvalue weighted by atomic mass is 16.3. The molecular weight excluding hydrogens is 392 g/mol. The number of hydrogen-bond acceptors (Lipinski definition) is 6. The van der Waals surface area contributed by atoms with E-state index in [0.29, 0.717) is 12.0 Å². The van der Waals surface area contributed by atoms with E-state index in [1.165, 1.54) is 5.56 Å². The molecule has 3 rings (SSSR count). The van der Waals surface area contributed by atoms with Gasteiger partial charge in [0, 0.05) is 6.21 Å². The molecule has 3 atom stereocenters. The molecular formula is C24H28N4O3. The lowest BCUT2D eigenvalue weighted by atomic mass is 10.0. The van der Waals surface area contributed by atoms with Crippen molar-refractivity contribution >= 4 is 12.0 Å². The van der Waals surface area contributed by atoms with Crippen molar-refractivity contribution in [1.82, 2.24) is 9.97 Å². The summed E-state index contributed by atoms with van der Waals surface area (Å²) in [4.78, 5) is 19.5. The highest BCUT2D eigenvalue weighted by molar-refractivity contribution is 5.83. The molecule has 7 heteroatoms. The Hall–Kier alpha value is -3.29. The standard InChI is InChI=1S/C24H28N4O3/c1-16(29)20(14-8-11-17-9-4-2-5-10-17)26-22-19(15-25)24(31)28-23(27-22)21(30)18-12-6-3-7-13-18/h2-7,9-10,12-13,15-16,20-21,25,29-30H,8,11,14H2,1H3,(H2,26,27,28,31). The number of nitrogens with zero attached hydrogens (tertiary/aromatic N) is 1. The number of nitrogens with one attached hydrogen (secondary N) is 3. The fraction of sp³-hybridized carbons (Fsp3) is 0.292. The van der Waals surface area contributed by atoms with E-state index in [0.717, 1.165) is 19.1 Å². The maximum Gasteiger partial charge on any atom is 0.261 e. The van der Waals surface area contributed by atoms with E-state index < -0.39 is 17.8 Å². The molecule has 31 heavy (non-hydrogen) atoms. The minimum Gasteiger partial charge on any atom is -0.391 e. The first-order valence-corrected chi connectivity index (χ1v) is 10.4. The molecule has 1 heterocycles. The summed E-state index contributed by atoms with van der Waals surface area (Å²) in [5.41, 5.74) is 1.34. The fourth-order valence-corrected chi connectivity index (χ4v) is 3.45. The number of aromatic amines is 1. The molecule has 1 aromatic heterocycles. The molecule has 0 aliphatic carbocycles. The van der Waals surface area contributed by atoms with Crippen LogP contribution < -0.4 is 10.9 Å². The first kappa shape index (κ1) is 22.4. The summed E-state index contributed by atoms with van der Waals surface area (Å²) >= 11 is 0. The highest BCUT2D eigenvalue weighted by Crippen LogP contribution is 2.21. The SMILES string of the molecule is CC(O)C(CCCc1ccccc1)Nc1nc(C(O)c2ccccc2)[nH]c(=O)c1C=N. The summed E-state index contributed by atoms with van der Waals surface area (Å²) in [6.07, 6.45) is 1.46. The van der Waals surface area contributed by atoms with E-state index in [1.54, 1.807) is 31.2 Å². The second-order valence-corrected chi connectivity index (χ2v) is 7.54. The van der Waals surface area contributed by atoms with Crippen molar-refractivity contribution in [2.75, 3.05) is 5.32 Å². The lowest BCUT2D eigenvalue weighted by Crippen LogP contribution is -2.34. The Bertz CT molecular complexity index is 1040. The predicted molar refractivity (Wildman–Crippen MR) is 122 cm³/mol. The molecule has 0 bridgehead atoms. The van der Waals surface area contributed by atoms with Crippen molar-refractivity contribution in [3.8, 4) is 0 Å². The summed E-state index contributed by atoms with van der Waals surface area (Å²) in [6, 6.07) is 18.6. The van der Waals surface area contributed by atoms with Crippen LogP contribution in [0.25, 0.3) is 0 Å². The summed E-state index contributed by atoms with van der Waals surface area (Å²) in [5.74, 6) is 0.257. The minimum atomic E-state index is -1.11. The number of aromatic nitrogens is 2. The van der Waals surface area contributed by atoms with Gasteiger partial charge in [0.15, 0.2) is 0 Å². The Kier molecular flexibility index (Phi) is 7.70. The monoisotopic (exact) mass is 420 g/mol. The number of H-pyrrole nitrogens is 1. The first-order valence-electron chi connectivity index (χ1n) is 10.4. The first-order chi connectivity index (χ1) is 15.0. The Morgan fingerprint density at radius 3 is 2.35 bits per heavy atom. The molecule has 0 saturated heterocycles. The van der Waals surface area contributed by atoms with Crippen LogP contribution in [0, 0.1) is 5.41 Å². The van der Waals surface area contributed by atoms with Crippen LogP contribution in [0.1, 0.15) is 48.4 Å². The number of benzene rings is 2. The van der Waals surface area contributed by atoms with E-state index in [-0.39, 0.29) is 23.2 Å². The Labute approximate surface area is 181 Å². The highest BCUT2D eigenvalue weighted by Gasteiger charge is 2.21. The van der Waals surface area contributed by atoms with Crippen LogP contribution >= 0.6 is 0 Å². The van der Waals surface area contributed by atoms with Gasteiger partial charge in [-0.2, -0.15) is 0 Å². The lowest BCUT2D eigenvalue weighted by molar-refractivity contribution is 0.166. The van der Waals surface area contributed by atoms with Crippen LogP contribution in [0.4, 0.5) is 5.82 Å². The topological polar surface area (TPSA) is 122 Å². The second-order valence-electron chi connectivity index (χ2n) is 7.54. The molecule has 0 aliphatic rings. The number of anilines is 1. The molecule has 0 amide bonds. The van der Waals surface area contributed by atoms with Crippen molar-refractivity contribution in [1.29, 1.82) is 5.41 Å². The predicted octanol–water partition coefficient (Wildman–Crippen LogP) is 3.03. The van der Waals surface area contributed by atoms with Crippen LogP contribution in [0.2, 0.25) is 0 Å². The third-order valence-corrected chi connectivity index (χ3v) is 5.22. The number of hydrogen-bond donors (Lipinski definition) is 5. The van der Waals surface area contributed by atoms with Crippen molar-refractivity contribution in [3.63, 3.8) is 0 Å². The molecule has 2 aromatic carbocycles. The third kappa shape index (κ3) is 5.87. The summed E-state index contributed by atoms with van der Waals surface area (Å²) < 4.78 is 0. The van der Waals surface area contributed by atoms with Crippen molar-refractivity contribution in [2.45, 2.75) is 44.4 Å². The Morgan fingerprint density at radius 1 is 1.10 bits per heavy atom. The Balaban J connectivity index is 1.80. The normalized spacial score (nSPS) is 13.9. The summed E-state index contributed by atoms with van der Waals surface area (Å²) in [7, 11) is 0. The van der Waals surface area contributed by atoms with E-state index in [9.17, 15) is 15.0 Å². The van der Waals surface area contributed by atoms with Crippen molar-refractivity contribution in [3.05, 3.63) is 93.5 Å². The lowest BCUT2D eigenvalue weighted by Gasteiger charge is -2.23. The van der Waals surface area contributed by atoms with Crippen LogP contribution in [0.15, 0.2) is 65.5 Å². The number of rotatable bonds is 10. The molecule has 0 aliphatic heterocycles.